The van der Waals surface area contributed by atoms with Crippen molar-refractivity contribution >= 4 is 16.0 Å². The van der Waals surface area contributed by atoms with Crippen LogP contribution in [0.1, 0.15) is 21.2 Å². The summed E-state index contributed by atoms with van der Waals surface area (Å²) in [6.07, 6.45) is -0.125. The van der Waals surface area contributed by atoms with E-state index in [1.54, 1.807) is 6.92 Å². The summed E-state index contributed by atoms with van der Waals surface area (Å²) in [5.41, 5.74) is 10.9. The van der Waals surface area contributed by atoms with Crippen LogP contribution in [0, 0.1) is 0 Å². The second kappa shape index (κ2) is 10.8. The normalized spacial score (nSPS) is 10.9. The number of hydrogen-bond donors (Lipinski definition) is 3. The number of nitrogens with one attached hydrogen (secondary N) is 1. The summed E-state index contributed by atoms with van der Waals surface area (Å²) in [5, 5.41) is 2.57. The maximum absolute atomic E-state index is 11.3. The Labute approximate surface area is 138 Å². The molecule has 0 spiro atoms. The van der Waals surface area contributed by atoms with Crippen LogP contribution < -0.4 is 46.3 Å². The first-order valence-corrected chi connectivity index (χ1v) is 7.14. The van der Waals surface area contributed by atoms with Crippen LogP contribution in [-0.2, 0) is 19.1 Å². The van der Waals surface area contributed by atoms with E-state index in [0.29, 0.717) is 18.5 Å². The second-order valence-electron chi connectivity index (χ2n) is 3.93. The molecular weight excluding hydrogens is 281 g/mol. The third-order valence-electron chi connectivity index (χ3n) is 1.96. The fourth-order valence-corrected chi connectivity index (χ4v) is 2.00. The Hall–Kier alpha value is 0.0400. The zero-order chi connectivity index (χ0) is 14.2. The fourth-order valence-electron chi connectivity index (χ4n) is 0.950. The van der Waals surface area contributed by atoms with Gasteiger partial charge in [-0.25, -0.2) is 0 Å². The number of nitrogens with two attached hydrogens (primary N) is 2. The summed E-state index contributed by atoms with van der Waals surface area (Å²) in [6, 6.07) is 0. The molecular formula is C10H22N3NaO4S. The molecule has 0 aliphatic rings. The van der Waals surface area contributed by atoms with Gasteiger partial charge in [0.1, 0.15) is 0 Å². The van der Waals surface area contributed by atoms with Gasteiger partial charge in [0, 0.05) is 12.1 Å². The van der Waals surface area contributed by atoms with E-state index in [4.69, 9.17) is 15.7 Å². The number of hydrogen-bond acceptors (Lipinski definition) is 6. The number of carbonyl (C=O) groups excluding carboxylic acids is 1. The van der Waals surface area contributed by atoms with Gasteiger partial charge in [0.15, 0.2) is 0 Å². The van der Waals surface area contributed by atoms with Crippen molar-refractivity contribution in [2.75, 3.05) is 18.9 Å². The van der Waals surface area contributed by atoms with Crippen LogP contribution in [0.5, 0.6) is 0 Å². The first-order valence-electron chi connectivity index (χ1n) is 5.56. The molecule has 5 N–H and O–H groups in total. The Morgan fingerprint density at radius 3 is 2.53 bits per heavy atom. The minimum Gasteiger partial charge on any atom is -1.00 e. The molecule has 0 radical (unpaired) electrons. The van der Waals surface area contributed by atoms with E-state index in [9.17, 15) is 13.2 Å². The monoisotopic (exact) mass is 303 g/mol. The van der Waals surface area contributed by atoms with Gasteiger partial charge >= 0.3 is 29.6 Å². The van der Waals surface area contributed by atoms with Gasteiger partial charge < -0.3 is 18.2 Å². The first-order chi connectivity index (χ1) is 8.24. The van der Waals surface area contributed by atoms with Crippen molar-refractivity contribution < 1.29 is 48.4 Å². The van der Waals surface area contributed by atoms with Crippen molar-refractivity contribution in [3.05, 3.63) is 12.2 Å². The summed E-state index contributed by atoms with van der Waals surface area (Å²) in [4.78, 5) is 11.1. The van der Waals surface area contributed by atoms with E-state index in [-0.39, 0.29) is 55.7 Å². The number of carbonyl (C=O) groups is 1. The van der Waals surface area contributed by atoms with E-state index in [1.165, 1.54) is 0 Å². The Morgan fingerprint density at radius 2 is 2.05 bits per heavy atom. The molecule has 0 bridgehead atoms. The van der Waals surface area contributed by atoms with E-state index in [0.717, 1.165) is 0 Å². The SMILES string of the molecule is C=C(C)C(=O)NCCCOS(=O)(=O)CCC(N)N.[H-].[Na+]. The van der Waals surface area contributed by atoms with Crippen molar-refractivity contribution in [3.63, 3.8) is 0 Å². The zero-order valence-electron chi connectivity index (χ0n) is 12.5. The molecule has 0 aromatic rings. The Morgan fingerprint density at radius 1 is 1.47 bits per heavy atom. The molecule has 108 valence electrons. The Bertz CT molecular complexity index is 390. The maximum atomic E-state index is 11.3. The van der Waals surface area contributed by atoms with Crippen LogP contribution in [0.15, 0.2) is 12.2 Å². The van der Waals surface area contributed by atoms with Crippen LogP contribution in [0.2, 0.25) is 0 Å². The van der Waals surface area contributed by atoms with Crippen LogP contribution in [0.25, 0.3) is 0 Å². The molecule has 0 aromatic heterocycles. The molecule has 0 saturated carbocycles. The van der Waals surface area contributed by atoms with Crippen molar-refractivity contribution in [2.45, 2.75) is 25.9 Å². The largest absolute Gasteiger partial charge is 1.00 e. The molecule has 0 unspecified atom stereocenters. The number of amides is 1. The van der Waals surface area contributed by atoms with Gasteiger partial charge in [-0.2, -0.15) is 8.42 Å². The summed E-state index contributed by atoms with van der Waals surface area (Å²) in [6.45, 7) is 5.40. The van der Waals surface area contributed by atoms with Crippen LogP contribution >= 0.6 is 0 Å². The minimum atomic E-state index is -3.58. The van der Waals surface area contributed by atoms with E-state index >= 15 is 0 Å². The van der Waals surface area contributed by atoms with Crippen molar-refractivity contribution in [1.29, 1.82) is 0 Å². The molecule has 0 aromatic carbocycles. The third kappa shape index (κ3) is 12.8. The van der Waals surface area contributed by atoms with Gasteiger partial charge in [0.2, 0.25) is 5.91 Å². The van der Waals surface area contributed by atoms with Crippen molar-refractivity contribution in [1.82, 2.24) is 5.32 Å². The molecule has 7 nitrogen and oxygen atoms in total. The van der Waals surface area contributed by atoms with E-state index in [1.807, 2.05) is 0 Å². The summed E-state index contributed by atoms with van der Waals surface area (Å²) >= 11 is 0. The molecule has 0 atom stereocenters. The Kier molecular flexibility index (Phi) is 12.1. The van der Waals surface area contributed by atoms with Gasteiger partial charge in [0.05, 0.1) is 18.5 Å². The van der Waals surface area contributed by atoms with Crippen molar-refractivity contribution in [2.24, 2.45) is 11.5 Å². The van der Waals surface area contributed by atoms with Crippen LogP contribution in [0.4, 0.5) is 0 Å². The summed E-state index contributed by atoms with van der Waals surface area (Å²) in [5.74, 6) is -0.463. The van der Waals surface area contributed by atoms with Crippen molar-refractivity contribution in [3.8, 4) is 0 Å². The maximum Gasteiger partial charge on any atom is 1.00 e. The fraction of sp³-hybridized carbons (Fsp3) is 0.700. The van der Waals surface area contributed by atoms with E-state index < -0.39 is 16.3 Å². The third-order valence-corrected chi connectivity index (χ3v) is 3.22. The van der Waals surface area contributed by atoms with E-state index in [2.05, 4.69) is 11.9 Å². The molecule has 0 saturated heterocycles. The zero-order valence-corrected chi connectivity index (χ0v) is 14.3. The minimum absolute atomic E-state index is 0. The molecule has 0 aliphatic heterocycles. The van der Waals surface area contributed by atoms with Crippen LogP contribution in [0.3, 0.4) is 0 Å². The van der Waals surface area contributed by atoms with Gasteiger partial charge in [-0.3, -0.25) is 8.98 Å². The molecule has 0 aliphatic carbocycles. The van der Waals surface area contributed by atoms with Gasteiger partial charge in [-0.05, 0) is 19.8 Å². The first kappa shape index (κ1) is 21.3. The molecule has 0 fully saturated rings. The van der Waals surface area contributed by atoms with Gasteiger partial charge in [-0.1, -0.05) is 6.58 Å². The molecule has 0 rings (SSSR count). The molecule has 9 heteroatoms. The summed E-state index contributed by atoms with van der Waals surface area (Å²) in [7, 11) is -3.58. The average molecular weight is 303 g/mol. The standard InChI is InChI=1S/C10H21N3O4S.Na.H/c1-8(2)10(14)13-5-3-6-17-18(15,16)7-4-9(11)12;;/h9H,1,3-7,11-12H2,2H3,(H,13,14);;/q;+1;-1. The quantitative estimate of drug-likeness (QED) is 0.132. The molecule has 0 heterocycles. The number of rotatable bonds is 9. The van der Waals surface area contributed by atoms with Gasteiger partial charge in [-0.15, -0.1) is 0 Å². The van der Waals surface area contributed by atoms with Gasteiger partial charge in [0.25, 0.3) is 10.1 Å². The molecule has 19 heavy (non-hydrogen) atoms. The predicted molar refractivity (Wildman–Crippen MR) is 70.1 cm³/mol. The van der Waals surface area contributed by atoms with Crippen LogP contribution in [-0.4, -0.2) is 39.4 Å². The Balaban J connectivity index is -0.00000144. The smallest absolute Gasteiger partial charge is 1.00 e. The molecule has 1 amide bonds. The topological polar surface area (TPSA) is 125 Å². The second-order valence-corrected chi connectivity index (χ2v) is 5.69. The summed E-state index contributed by atoms with van der Waals surface area (Å²) < 4.78 is 27.3. The average Bonchev–Trinajstić information content (AvgIpc) is 2.25. The predicted octanol–water partition coefficient (Wildman–Crippen LogP) is -3.83.